The van der Waals surface area contributed by atoms with E-state index >= 15 is 0 Å². The average Bonchev–Trinajstić information content (AvgIpc) is 3.69. The molecular formula is C33H40N4O3. The molecule has 2 saturated heterocycles. The van der Waals surface area contributed by atoms with Crippen LogP contribution in [0.5, 0.6) is 11.5 Å². The number of nitrogens with one attached hydrogen (secondary N) is 1. The summed E-state index contributed by atoms with van der Waals surface area (Å²) < 4.78 is 18.4. The van der Waals surface area contributed by atoms with Gasteiger partial charge in [0.1, 0.15) is 11.5 Å². The SMILES string of the molecule is COc1cc2c(NC3CCN(C)CC3)cc(-c3ccc(-c4ccccc4)o3)nc2cc1OCCCN1CCCC1. The van der Waals surface area contributed by atoms with E-state index in [1.54, 1.807) is 7.11 Å². The minimum atomic E-state index is 0.402. The fourth-order valence-electron chi connectivity index (χ4n) is 5.83. The molecule has 6 rings (SSSR count). The number of fused-ring (bicyclic) bond motifs is 1. The molecule has 210 valence electrons. The molecule has 0 radical (unpaired) electrons. The van der Waals surface area contributed by atoms with Crippen molar-refractivity contribution in [1.82, 2.24) is 14.8 Å². The second-order valence-electron chi connectivity index (χ2n) is 11.1. The molecule has 2 aromatic carbocycles. The van der Waals surface area contributed by atoms with E-state index in [9.17, 15) is 0 Å². The highest BCUT2D eigenvalue weighted by Crippen LogP contribution is 2.38. The normalized spacial score (nSPS) is 16.9. The Kier molecular flexibility index (Phi) is 8.21. The van der Waals surface area contributed by atoms with Crippen LogP contribution in [0.1, 0.15) is 32.1 Å². The van der Waals surface area contributed by atoms with Crippen LogP contribution in [0.3, 0.4) is 0 Å². The quantitative estimate of drug-likeness (QED) is 0.229. The minimum absolute atomic E-state index is 0.402. The van der Waals surface area contributed by atoms with Crippen molar-refractivity contribution in [3.05, 3.63) is 60.7 Å². The van der Waals surface area contributed by atoms with E-state index in [0.717, 1.165) is 89.8 Å². The van der Waals surface area contributed by atoms with Crippen LogP contribution >= 0.6 is 0 Å². The lowest BCUT2D eigenvalue weighted by Gasteiger charge is -2.30. The lowest BCUT2D eigenvalue weighted by molar-refractivity contribution is 0.254. The van der Waals surface area contributed by atoms with Crippen molar-refractivity contribution in [3.63, 3.8) is 0 Å². The average molecular weight is 541 g/mol. The van der Waals surface area contributed by atoms with Gasteiger partial charge < -0.3 is 29.0 Å². The first-order valence-corrected chi connectivity index (χ1v) is 14.6. The highest BCUT2D eigenvalue weighted by molar-refractivity contribution is 5.96. The first-order valence-electron chi connectivity index (χ1n) is 14.6. The summed E-state index contributed by atoms with van der Waals surface area (Å²) in [5.74, 6) is 3.05. The van der Waals surface area contributed by atoms with Gasteiger partial charge in [-0.3, -0.25) is 0 Å². The summed E-state index contributed by atoms with van der Waals surface area (Å²) in [4.78, 5) is 9.96. The predicted molar refractivity (Wildman–Crippen MR) is 161 cm³/mol. The topological polar surface area (TPSA) is 63.0 Å². The largest absolute Gasteiger partial charge is 0.493 e. The lowest BCUT2D eigenvalue weighted by Crippen LogP contribution is -2.36. The van der Waals surface area contributed by atoms with Crippen LogP contribution in [0, 0.1) is 0 Å². The maximum Gasteiger partial charge on any atom is 0.163 e. The number of hydrogen-bond acceptors (Lipinski definition) is 7. The molecule has 2 aliphatic rings. The first kappa shape index (κ1) is 26.7. The van der Waals surface area contributed by atoms with Crippen molar-refractivity contribution in [2.45, 2.75) is 38.1 Å². The fraction of sp³-hybridized carbons (Fsp3) is 0.424. The van der Waals surface area contributed by atoms with Crippen LogP contribution in [0.25, 0.3) is 33.7 Å². The Morgan fingerprint density at radius 1 is 0.925 bits per heavy atom. The van der Waals surface area contributed by atoms with E-state index in [1.165, 1.54) is 25.9 Å². The first-order chi connectivity index (χ1) is 19.7. The molecular weight excluding hydrogens is 500 g/mol. The number of rotatable bonds is 10. The Hall–Kier alpha value is -3.55. The Morgan fingerprint density at radius 3 is 2.48 bits per heavy atom. The zero-order valence-electron chi connectivity index (χ0n) is 23.7. The zero-order valence-corrected chi connectivity index (χ0v) is 23.7. The smallest absolute Gasteiger partial charge is 0.163 e. The molecule has 0 atom stereocenters. The number of benzene rings is 2. The second kappa shape index (κ2) is 12.3. The molecule has 4 heterocycles. The summed E-state index contributed by atoms with van der Waals surface area (Å²) in [6.07, 6.45) is 5.81. The number of methoxy groups -OCH3 is 1. The van der Waals surface area contributed by atoms with Crippen molar-refractivity contribution in [2.24, 2.45) is 0 Å². The number of anilines is 1. The summed E-state index contributed by atoms with van der Waals surface area (Å²) >= 11 is 0. The van der Waals surface area contributed by atoms with Gasteiger partial charge in [-0.1, -0.05) is 30.3 Å². The number of hydrogen-bond donors (Lipinski definition) is 1. The summed E-state index contributed by atoms with van der Waals surface area (Å²) in [6.45, 7) is 6.31. The lowest BCUT2D eigenvalue weighted by atomic mass is 10.0. The third-order valence-corrected chi connectivity index (χ3v) is 8.16. The van der Waals surface area contributed by atoms with Crippen molar-refractivity contribution >= 4 is 16.6 Å². The maximum absolute atomic E-state index is 6.31. The number of pyridine rings is 1. The summed E-state index contributed by atoms with van der Waals surface area (Å²) in [5.41, 5.74) is 3.76. The molecule has 0 aliphatic carbocycles. The van der Waals surface area contributed by atoms with Gasteiger partial charge in [0.15, 0.2) is 17.3 Å². The molecule has 4 aromatic rings. The zero-order chi connectivity index (χ0) is 27.3. The van der Waals surface area contributed by atoms with Gasteiger partial charge in [-0.25, -0.2) is 4.98 Å². The molecule has 1 N–H and O–H groups in total. The second-order valence-corrected chi connectivity index (χ2v) is 11.1. The molecule has 2 aliphatic heterocycles. The third kappa shape index (κ3) is 6.11. The number of nitrogens with zero attached hydrogens (tertiary/aromatic N) is 3. The van der Waals surface area contributed by atoms with Crippen LogP contribution in [0.2, 0.25) is 0 Å². The Labute approximate surface area is 237 Å². The molecule has 0 unspecified atom stereocenters. The van der Waals surface area contributed by atoms with Gasteiger partial charge in [0.25, 0.3) is 0 Å². The number of ether oxygens (including phenoxy) is 2. The number of furan rings is 1. The fourth-order valence-corrected chi connectivity index (χ4v) is 5.83. The van der Waals surface area contributed by atoms with E-state index in [-0.39, 0.29) is 0 Å². The van der Waals surface area contributed by atoms with Crippen LogP contribution in [0.4, 0.5) is 5.69 Å². The molecule has 2 fully saturated rings. The number of piperidine rings is 1. The van der Waals surface area contributed by atoms with Gasteiger partial charge >= 0.3 is 0 Å². The van der Waals surface area contributed by atoms with Crippen LogP contribution in [-0.4, -0.2) is 74.3 Å². The Bertz CT molecular complexity index is 1410. The Balaban J connectivity index is 1.31. The molecule has 0 saturated carbocycles. The highest BCUT2D eigenvalue weighted by atomic mass is 16.5. The van der Waals surface area contributed by atoms with Crippen molar-refractivity contribution in [3.8, 4) is 34.3 Å². The molecule has 7 heteroatoms. The monoisotopic (exact) mass is 540 g/mol. The van der Waals surface area contributed by atoms with E-state index < -0.39 is 0 Å². The van der Waals surface area contributed by atoms with Crippen LogP contribution in [-0.2, 0) is 0 Å². The summed E-state index contributed by atoms with van der Waals surface area (Å²) in [6, 6.07) is 20.8. The third-order valence-electron chi connectivity index (χ3n) is 8.16. The standard InChI is InChI=1S/C33H40N4O3/c1-36-18-13-25(14-19-36)34-27-22-29(31-12-11-30(40-31)24-9-4-3-5-10-24)35-28-23-33(32(38-2)21-26(27)28)39-20-8-17-37-15-6-7-16-37/h3-5,9-12,21-23,25H,6-8,13-20H2,1-2H3,(H,34,35). The number of aromatic nitrogens is 1. The van der Waals surface area contributed by atoms with Gasteiger partial charge in [0.05, 0.1) is 19.2 Å². The maximum atomic E-state index is 6.31. The van der Waals surface area contributed by atoms with Crippen molar-refractivity contribution in [2.75, 3.05) is 58.8 Å². The van der Waals surface area contributed by atoms with E-state index in [0.29, 0.717) is 12.6 Å². The van der Waals surface area contributed by atoms with E-state index in [2.05, 4.69) is 46.4 Å². The Morgan fingerprint density at radius 2 is 1.70 bits per heavy atom. The van der Waals surface area contributed by atoms with Gasteiger partial charge in [-0.05, 0) is 89.6 Å². The van der Waals surface area contributed by atoms with Gasteiger partial charge in [-0.15, -0.1) is 0 Å². The van der Waals surface area contributed by atoms with Gasteiger partial charge in [0.2, 0.25) is 0 Å². The predicted octanol–water partition coefficient (Wildman–Crippen LogP) is 6.54. The highest BCUT2D eigenvalue weighted by Gasteiger charge is 2.20. The van der Waals surface area contributed by atoms with Gasteiger partial charge in [-0.2, -0.15) is 0 Å². The molecule has 0 bridgehead atoms. The minimum Gasteiger partial charge on any atom is -0.493 e. The van der Waals surface area contributed by atoms with Gasteiger partial charge in [0, 0.05) is 35.3 Å². The number of likely N-dealkylation sites (tertiary alicyclic amines) is 2. The van der Waals surface area contributed by atoms with E-state index in [4.69, 9.17) is 18.9 Å². The van der Waals surface area contributed by atoms with E-state index in [1.807, 2.05) is 36.4 Å². The van der Waals surface area contributed by atoms with Crippen molar-refractivity contribution in [1.29, 1.82) is 0 Å². The molecule has 40 heavy (non-hydrogen) atoms. The van der Waals surface area contributed by atoms with Crippen LogP contribution in [0.15, 0.2) is 65.1 Å². The summed E-state index contributed by atoms with van der Waals surface area (Å²) in [7, 11) is 3.90. The molecule has 2 aromatic heterocycles. The molecule has 0 amide bonds. The molecule has 7 nitrogen and oxygen atoms in total. The summed E-state index contributed by atoms with van der Waals surface area (Å²) in [5, 5.41) is 4.86. The van der Waals surface area contributed by atoms with Crippen molar-refractivity contribution < 1.29 is 13.9 Å². The van der Waals surface area contributed by atoms with Crippen LogP contribution < -0.4 is 14.8 Å². The molecule has 0 spiro atoms.